The molecule has 0 fully saturated rings. The van der Waals surface area contributed by atoms with E-state index in [1.54, 1.807) is 0 Å². The molecule has 0 aliphatic carbocycles. The van der Waals surface area contributed by atoms with Gasteiger partial charge in [0.15, 0.2) is 0 Å². The highest BCUT2D eigenvalue weighted by molar-refractivity contribution is 5.79. The van der Waals surface area contributed by atoms with Gasteiger partial charge in [-0.2, -0.15) is 5.54 Å². The van der Waals surface area contributed by atoms with E-state index in [-0.39, 0.29) is 6.42 Å². The number of rotatable bonds is 4. The molecule has 0 spiro atoms. The van der Waals surface area contributed by atoms with Crippen LogP contribution in [0.25, 0.3) is 0 Å². The molecule has 0 heterocycles. The second-order valence-electron chi connectivity index (χ2n) is 1.91. The molecule has 4 nitrogen and oxygen atoms in total. The standard InChI is InChI=1S/C5H11FN2O2/c6-8-5(10)4(9)2-1-3-7/h4,9H,1-3,7H2,(H,8,10). The van der Waals surface area contributed by atoms with Gasteiger partial charge >= 0.3 is 0 Å². The van der Waals surface area contributed by atoms with E-state index in [4.69, 9.17) is 10.8 Å². The molecule has 0 aliphatic heterocycles. The molecule has 0 saturated carbocycles. The average Bonchev–Trinajstić information content (AvgIpc) is 1.98. The van der Waals surface area contributed by atoms with Crippen LogP contribution in [0.5, 0.6) is 0 Å². The number of hydrogen-bond acceptors (Lipinski definition) is 3. The summed E-state index contributed by atoms with van der Waals surface area (Å²) in [5.74, 6) is -1.01. The Morgan fingerprint density at radius 2 is 2.40 bits per heavy atom. The predicted octanol–water partition coefficient (Wildman–Crippen LogP) is -0.913. The number of amides is 1. The van der Waals surface area contributed by atoms with Gasteiger partial charge in [0, 0.05) is 0 Å². The minimum absolute atomic E-state index is 0.201. The maximum absolute atomic E-state index is 11.3. The fourth-order valence-electron chi connectivity index (χ4n) is 0.505. The highest BCUT2D eigenvalue weighted by Gasteiger charge is 2.12. The molecule has 0 radical (unpaired) electrons. The lowest BCUT2D eigenvalue weighted by molar-refractivity contribution is -0.134. The highest BCUT2D eigenvalue weighted by Crippen LogP contribution is 1.94. The van der Waals surface area contributed by atoms with Gasteiger partial charge in [-0.05, 0) is 19.4 Å². The Morgan fingerprint density at radius 3 is 2.80 bits per heavy atom. The van der Waals surface area contributed by atoms with Crippen molar-refractivity contribution < 1.29 is 14.4 Å². The van der Waals surface area contributed by atoms with Gasteiger partial charge in [0.1, 0.15) is 6.10 Å². The summed E-state index contributed by atoms with van der Waals surface area (Å²) in [6.07, 6.45) is -0.561. The quantitative estimate of drug-likeness (QED) is 0.454. The summed E-state index contributed by atoms with van der Waals surface area (Å²) < 4.78 is 11.3. The van der Waals surface area contributed by atoms with Crippen LogP contribution < -0.4 is 11.3 Å². The maximum atomic E-state index is 11.3. The van der Waals surface area contributed by atoms with Gasteiger partial charge < -0.3 is 10.8 Å². The summed E-state index contributed by atoms with van der Waals surface area (Å²) in [5.41, 5.74) is 5.93. The van der Waals surface area contributed by atoms with Crippen molar-refractivity contribution in [2.24, 2.45) is 5.73 Å². The zero-order valence-electron chi connectivity index (χ0n) is 5.51. The lowest BCUT2D eigenvalue weighted by Gasteiger charge is -2.04. The first-order valence-electron chi connectivity index (χ1n) is 3.01. The van der Waals surface area contributed by atoms with E-state index in [0.717, 1.165) is 5.54 Å². The number of hydrogen-bond donors (Lipinski definition) is 3. The lowest BCUT2D eigenvalue weighted by Crippen LogP contribution is -2.29. The maximum Gasteiger partial charge on any atom is 0.276 e. The van der Waals surface area contributed by atoms with Gasteiger partial charge in [-0.15, -0.1) is 4.48 Å². The highest BCUT2D eigenvalue weighted by atomic mass is 19.2. The molecule has 5 heteroatoms. The normalized spacial score (nSPS) is 12.7. The van der Waals surface area contributed by atoms with E-state index in [0.29, 0.717) is 13.0 Å². The van der Waals surface area contributed by atoms with Gasteiger partial charge in [-0.1, -0.05) is 0 Å². The van der Waals surface area contributed by atoms with Crippen LogP contribution in [0, 0.1) is 0 Å². The second-order valence-corrected chi connectivity index (χ2v) is 1.91. The van der Waals surface area contributed by atoms with Gasteiger partial charge in [-0.25, -0.2) is 0 Å². The molecule has 0 saturated heterocycles. The monoisotopic (exact) mass is 150 g/mol. The van der Waals surface area contributed by atoms with Gasteiger partial charge in [-0.3, -0.25) is 4.79 Å². The first kappa shape index (κ1) is 9.32. The molecule has 0 bridgehead atoms. The molecule has 1 unspecified atom stereocenters. The number of aliphatic hydroxyl groups is 1. The number of halogens is 1. The SMILES string of the molecule is NCCCC(O)C(=O)NF. The minimum atomic E-state index is -1.27. The average molecular weight is 150 g/mol. The van der Waals surface area contributed by atoms with Crippen molar-refractivity contribution in [3.8, 4) is 0 Å². The Balaban J connectivity index is 3.41. The molecule has 0 aliphatic rings. The fourth-order valence-corrected chi connectivity index (χ4v) is 0.505. The summed E-state index contributed by atoms with van der Waals surface area (Å²) in [7, 11) is 0. The van der Waals surface area contributed by atoms with Crippen molar-refractivity contribution in [2.75, 3.05) is 6.54 Å². The minimum Gasteiger partial charge on any atom is -0.383 e. The summed E-state index contributed by atoms with van der Waals surface area (Å²) >= 11 is 0. The summed E-state index contributed by atoms with van der Waals surface area (Å²) in [5, 5.41) is 8.74. The number of aliphatic hydroxyl groups excluding tert-OH is 1. The van der Waals surface area contributed by atoms with E-state index in [2.05, 4.69) is 0 Å². The van der Waals surface area contributed by atoms with Crippen LogP contribution in [0.15, 0.2) is 0 Å². The number of carbonyl (C=O) groups excluding carboxylic acids is 1. The van der Waals surface area contributed by atoms with E-state index >= 15 is 0 Å². The first-order valence-corrected chi connectivity index (χ1v) is 3.01. The van der Waals surface area contributed by atoms with E-state index < -0.39 is 12.0 Å². The van der Waals surface area contributed by atoms with Crippen LogP contribution in [-0.4, -0.2) is 23.7 Å². The van der Waals surface area contributed by atoms with Gasteiger partial charge in [0.25, 0.3) is 5.91 Å². The zero-order valence-corrected chi connectivity index (χ0v) is 5.51. The van der Waals surface area contributed by atoms with Crippen molar-refractivity contribution in [3.05, 3.63) is 0 Å². The van der Waals surface area contributed by atoms with Crippen molar-refractivity contribution in [1.82, 2.24) is 5.54 Å². The Morgan fingerprint density at radius 1 is 1.80 bits per heavy atom. The smallest absolute Gasteiger partial charge is 0.276 e. The molecule has 0 aromatic rings. The summed E-state index contributed by atoms with van der Waals surface area (Å²) in [4.78, 5) is 10.2. The van der Waals surface area contributed by atoms with Crippen molar-refractivity contribution in [3.63, 3.8) is 0 Å². The first-order chi connectivity index (χ1) is 4.72. The molecule has 0 rings (SSSR count). The largest absolute Gasteiger partial charge is 0.383 e. The van der Waals surface area contributed by atoms with Crippen LogP contribution in [-0.2, 0) is 4.79 Å². The molecule has 4 N–H and O–H groups in total. The van der Waals surface area contributed by atoms with Crippen LogP contribution in [0.1, 0.15) is 12.8 Å². The van der Waals surface area contributed by atoms with Crippen LogP contribution in [0.2, 0.25) is 0 Å². The Hall–Kier alpha value is -0.680. The van der Waals surface area contributed by atoms with E-state index in [1.165, 1.54) is 0 Å². The van der Waals surface area contributed by atoms with Crippen molar-refractivity contribution in [2.45, 2.75) is 18.9 Å². The van der Waals surface area contributed by atoms with Gasteiger partial charge in [0.05, 0.1) is 0 Å². The van der Waals surface area contributed by atoms with Crippen LogP contribution in [0.3, 0.4) is 0 Å². The Labute approximate surface area is 58.1 Å². The molecule has 1 amide bonds. The van der Waals surface area contributed by atoms with Crippen LogP contribution >= 0.6 is 0 Å². The van der Waals surface area contributed by atoms with E-state index in [1.807, 2.05) is 0 Å². The number of nitrogens with two attached hydrogens (primary N) is 1. The third kappa shape index (κ3) is 3.37. The number of carbonyl (C=O) groups is 1. The molecular weight excluding hydrogens is 139 g/mol. The topological polar surface area (TPSA) is 75.3 Å². The van der Waals surface area contributed by atoms with E-state index in [9.17, 15) is 9.28 Å². The predicted molar refractivity (Wildman–Crippen MR) is 33.5 cm³/mol. The lowest BCUT2D eigenvalue weighted by atomic mass is 10.2. The fraction of sp³-hybridized carbons (Fsp3) is 0.800. The Bertz CT molecular complexity index is 110. The van der Waals surface area contributed by atoms with Crippen molar-refractivity contribution >= 4 is 5.91 Å². The summed E-state index contributed by atoms with van der Waals surface area (Å²) in [6, 6.07) is 0. The molecule has 1 atom stereocenters. The zero-order chi connectivity index (χ0) is 7.98. The second kappa shape index (κ2) is 5.13. The molecule has 10 heavy (non-hydrogen) atoms. The molecular formula is C5H11FN2O2. The third-order valence-corrected chi connectivity index (χ3v) is 1.08. The Kier molecular flexibility index (Phi) is 4.78. The third-order valence-electron chi connectivity index (χ3n) is 1.08. The van der Waals surface area contributed by atoms with Crippen LogP contribution in [0.4, 0.5) is 4.48 Å². The molecule has 0 aromatic heterocycles. The molecule has 0 aromatic carbocycles. The summed E-state index contributed by atoms with van der Waals surface area (Å²) in [6.45, 7) is 0.386. The number of nitrogens with one attached hydrogen (secondary N) is 1. The van der Waals surface area contributed by atoms with Gasteiger partial charge in [0.2, 0.25) is 0 Å². The van der Waals surface area contributed by atoms with Crippen molar-refractivity contribution in [1.29, 1.82) is 0 Å². The molecule has 60 valence electrons.